The standard InChI is InChI=1S/C27H28N2O6S2/c1-27(2)17-19-7-10-21(35-3)15-24(19)25(28-27)16-26(30)18-5-8-20(9-6-18)29-37(33,34)23-13-11-22(12-14-23)36(4,31)32/h5-16,28-29H,17H2,1-4H3. The molecule has 0 fully saturated rings. The van der Waals surface area contributed by atoms with Crippen molar-refractivity contribution >= 4 is 37.0 Å². The van der Waals surface area contributed by atoms with E-state index in [1.54, 1.807) is 25.3 Å². The molecule has 0 spiro atoms. The minimum atomic E-state index is -3.95. The largest absolute Gasteiger partial charge is 0.497 e. The number of hydrogen-bond donors (Lipinski definition) is 2. The molecule has 1 aliphatic heterocycles. The molecule has 1 heterocycles. The summed E-state index contributed by atoms with van der Waals surface area (Å²) in [6.45, 7) is 4.13. The van der Waals surface area contributed by atoms with Crippen LogP contribution in [0.4, 0.5) is 5.69 Å². The molecule has 3 aromatic rings. The Kier molecular flexibility index (Phi) is 6.91. The summed E-state index contributed by atoms with van der Waals surface area (Å²) >= 11 is 0. The maximum atomic E-state index is 13.1. The molecule has 0 saturated heterocycles. The minimum absolute atomic E-state index is 0.0281. The number of benzene rings is 3. The molecule has 37 heavy (non-hydrogen) atoms. The third kappa shape index (κ3) is 6.03. The molecule has 0 bridgehead atoms. The predicted molar refractivity (Wildman–Crippen MR) is 143 cm³/mol. The molecule has 2 N–H and O–H groups in total. The van der Waals surface area contributed by atoms with Crippen LogP contribution < -0.4 is 14.8 Å². The molecule has 3 aromatic carbocycles. The lowest BCUT2D eigenvalue weighted by atomic mass is 9.85. The van der Waals surface area contributed by atoms with Crippen LogP contribution in [0.15, 0.2) is 82.6 Å². The Balaban J connectivity index is 1.55. The third-order valence-electron chi connectivity index (χ3n) is 5.97. The second kappa shape index (κ2) is 9.68. The van der Waals surface area contributed by atoms with Gasteiger partial charge in [0.2, 0.25) is 0 Å². The number of allylic oxidation sites excluding steroid dienone is 1. The zero-order valence-electron chi connectivity index (χ0n) is 20.9. The molecule has 1 aliphatic rings. The van der Waals surface area contributed by atoms with Crippen LogP contribution in [0.1, 0.15) is 35.3 Å². The Labute approximate surface area is 217 Å². The Bertz CT molecular complexity index is 1590. The van der Waals surface area contributed by atoms with Crippen molar-refractivity contribution in [1.29, 1.82) is 0 Å². The minimum Gasteiger partial charge on any atom is -0.497 e. The van der Waals surface area contributed by atoms with Gasteiger partial charge in [-0.1, -0.05) is 6.07 Å². The normalized spacial score (nSPS) is 15.9. The van der Waals surface area contributed by atoms with Gasteiger partial charge in [0, 0.05) is 40.4 Å². The average Bonchev–Trinajstić information content (AvgIpc) is 2.83. The zero-order chi connectivity index (χ0) is 27.0. The van der Waals surface area contributed by atoms with Crippen LogP contribution in [-0.2, 0) is 26.3 Å². The lowest BCUT2D eigenvalue weighted by Gasteiger charge is -2.35. The summed E-state index contributed by atoms with van der Waals surface area (Å²) in [5.41, 5.74) is 3.12. The quantitative estimate of drug-likeness (QED) is 0.343. The number of nitrogens with one attached hydrogen (secondary N) is 2. The van der Waals surface area contributed by atoms with E-state index in [2.05, 4.69) is 23.9 Å². The van der Waals surface area contributed by atoms with E-state index in [1.165, 1.54) is 36.4 Å². The monoisotopic (exact) mass is 540 g/mol. The molecule has 4 rings (SSSR count). The van der Waals surface area contributed by atoms with E-state index in [-0.39, 0.29) is 26.8 Å². The highest BCUT2D eigenvalue weighted by molar-refractivity contribution is 7.92. The number of sulfone groups is 1. The van der Waals surface area contributed by atoms with Crippen LogP contribution in [0.3, 0.4) is 0 Å². The first-order valence-electron chi connectivity index (χ1n) is 11.4. The van der Waals surface area contributed by atoms with Gasteiger partial charge in [0.1, 0.15) is 5.75 Å². The molecule has 0 amide bonds. The molecule has 194 valence electrons. The summed E-state index contributed by atoms with van der Waals surface area (Å²) in [6, 6.07) is 16.9. The van der Waals surface area contributed by atoms with E-state index in [9.17, 15) is 21.6 Å². The number of hydrogen-bond acceptors (Lipinski definition) is 7. The van der Waals surface area contributed by atoms with Crippen molar-refractivity contribution in [2.45, 2.75) is 35.6 Å². The van der Waals surface area contributed by atoms with Gasteiger partial charge in [-0.2, -0.15) is 0 Å². The molecular formula is C27H28N2O6S2. The van der Waals surface area contributed by atoms with Crippen molar-refractivity contribution in [3.05, 3.63) is 89.5 Å². The highest BCUT2D eigenvalue weighted by atomic mass is 32.2. The van der Waals surface area contributed by atoms with Crippen LogP contribution in [0.5, 0.6) is 5.75 Å². The van der Waals surface area contributed by atoms with Gasteiger partial charge in [-0.25, -0.2) is 16.8 Å². The first-order valence-corrected chi connectivity index (χ1v) is 14.8. The molecule has 10 heteroatoms. The fraction of sp³-hybridized carbons (Fsp3) is 0.222. The smallest absolute Gasteiger partial charge is 0.261 e. The van der Waals surface area contributed by atoms with Gasteiger partial charge >= 0.3 is 0 Å². The lowest BCUT2D eigenvalue weighted by Crippen LogP contribution is -2.43. The van der Waals surface area contributed by atoms with Gasteiger partial charge in [-0.3, -0.25) is 9.52 Å². The van der Waals surface area contributed by atoms with Crippen molar-refractivity contribution < 1.29 is 26.4 Å². The number of carbonyl (C=O) groups is 1. The van der Waals surface area contributed by atoms with E-state index in [1.807, 2.05) is 18.2 Å². The molecule has 0 radical (unpaired) electrons. The van der Waals surface area contributed by atoms with Crippen molar-refractivity contribution in [3.8, 4) is 5.75 Å². The van der Waals surface area contributed by atoms with Crippen LogP contribution in [0.2, 0.25) is 0 Å². The number of rotatable bonds is 7. The Morgan fingerprint density at radius 3 is 2.16 bits per heavy atom. The van der Waals surface area contributed by atoms with Gasteiger partial charge in [0.05, 0.1) is 16.9 Å². The number of anilines is 1. The highest BCUT2D eigenvalue weighted by Gasteiger charge is 2.28. The second-order valence-corrected chi connectivity index (χ2v) is 13.3. The Morgan fingerprint density at radius 2 is 1.57 bits per heavy atom. The van der Waals surface area contributed by atoms with E-state index in [0.29, 0.717) is 17.0 Å². The molecule has 0 saturated carbocycles. The van der Waals surface area contributed by atoms with E-state index >= 15 is 0 Å². The first-order chi connectivity index (χ1) is 17.3. The fourth-order valence-corrected chi connectivity index (χ4v) is 5.84. The molecule has 0 atom stereocenters. The van der Waals surface area contributed by atoms with Gasteiger partial charge in [-0.15, -0.1) is 0 Å². The summed E-state index contributed by atoms with van der Waals surface area (Å²) in [4.78, 5) is 13.0. The lowest BCUT2D eigenvalue weighted by molar-refractivity contribution is 0.104. The summed E-state index contributed by atoms with van der Waals surface area (Å²) in [6.07, 6.45) is 3.39. The number of sulfonamides is 1. The summed E-state index contributed by atoms with van der Waals surface area (Å²) in [7, 11) is -5.79. The maximum absolute atomic E-state index is 13.1. The number of ketones is 1. The zero-order valence-corrected chi connectivity index (χ0v) is 22.5. The van der Waals surface area contributed by atoms with Gasteiger partial charge in [0.15, 0.2) is 15.6 Å². The third-order valence-corrected chi connectivity index (χ3v) is 8.50. The van der Waals surface area contributed by atoms with Crippen molar-refractivity contribution in [1.82, 2.24) is 5.32 Å². The fourth-order valence-electron chi connectivity index (χ4n) is 4.15. The van der Waals surface area contributed by atoms with Gasteiger partial charge < -0.3 is 10.1 Å². The molecule has 0 aromatic heterocycles. The van der Waals surface area contributed by atoms with Gasteiger partial charge in [-0.05, 0) is 86.5 Å². The highest BCUT2D eigenvalue weighted by Crippen LogP contribution is 2.32. The topological polar surface area (TPSA) is 119 Å². The van der Waals surface area contributed by atoms with Gasteiger partial charge in [0.25, 0.3) is 10.0 Å². The van der Waals surface area contributed by atoms with Crippen molar-refractivity contribution in [3.63, 3.8) is 0 Å². The van der Waals surface area contributed by atoms with Crippen molar-refractivity contribution in [2.24, 2.45) is 0 Å². The predicted octanol–water partition coefficient (Wildman–Crippen LogP) is 4.05. The molecule has 8 nitrogen and oxygen atoms in total. The van der Waals surface area contributed by atoms with Crippen LogP contribution >= 0.6 is 0 Å². The summed E-state index contributed by atoms with van der Waals surface area (Å²) in [5.74, 6) is 0.459. The number of carbonyl (C=O) groups excluding carboxylic acids is 1. The van der Waals surface area contributed by atoms with Crippen LogP contribution in [0, 0.1) is 0 Å². The van der Waals surface area contributed by atoms with Crippen LogP contribution in [0.25, 0.3) is 5.70 Å². The van der Waals surface area contributed by atoms with E-state index < -0.39 is 19.9 Å². The average molecular weight is 541 g/mol. The van der Waals surface area contributed by atoms with E-state index in [0.717, 1.165) is 23.8 Å². The first kappa shape index (κ1) is 26.4. The summed E-state index contributed by atoms with van der Waals surface area (Å²) < 4.78 is 56.5. The molecule has 0 unspecified atom stereocenters. The number of fused-ring (bicyclic) bond motifs is 1. The van der Waals surface area contributed by atoms with E-state index in [4.69, 9.17) is 4.74 Å². The van der Waals surface area contributed by atoms with Crippen LogP contribution in [-0.4, -0.2) is 41.5 Å². The maximum Gasteiger partial charge on any atom is 0.261 e. The Morgan fingerprint density at radius 1 is 0.946 bits per heavy atom. The molecular weight excluding hydrogens is 512 g/mol. The summed E-state index contributed by atoms with van der Waals surface area (Å²) in [5, 5.41) is 3.43. The number of methoxy groups -OCH3 is 1. The molecule has 0 aliphatic carbocycles. The number of ether oxygens (including phenoxy) is 1. The van der Waals surface area contributed by atoms with Crippen molar-refractivity contribution in [2.75, 3.05) is 18.1 Å². The SMILES string of the molecule is COc1ccc2c(c1)C(=CC(=O)c1ccc(NS(=O)(=O)c3ccc(S(C)(=O)=O)cc3)cc1)NC(C)(C)C2. The Hall–Kier alpha value is -3.63. The second-order valence-electron chi connectivity index (χ2n) is 9.56.